The molecule has 1 aromatic heterocycles. The summed E-state index contributed by atoms with van der Waals surface area (Å²) >= 11 is 5.67. The van der Waals surface area contributed by atoms with E-state index in [-0.39, 0.29) is 5.02 Å². The van der Waals surface area contributed by atoms with Gasteiger partial charge in [0, 0.05) is 11.5 Å². The van der Waals surface area contributed by atoms with E-state index >= 15 is 0 Å². The minimum absolute atomic E-state index is 0.0946. The number of pyridine rings is 1. The summed E-state index contributed by atoms with van der Waals surface area (Å²) in [5.74, 6) is 5.33. The zero-order valence-corrected chi connectivity index (χ0v) is 8.77. The van der Waals surface area contributed by atoms with Crippen molar-refractivity contribution in [1.29, 1.82) is 0 Å². The van der Waals surface area contributed by atoms with Gasteiger partial charge in [-0.05, 0) is 24.6 Å². The lowest BCUT2D eigenvalue weighted by atomic mass is 10.1. The number of halogens is 2. The number of hydrogen-bond donors (Lipinski definition) is 2. The molecule has 0 atom stereocenters. The fourth-order valence-electron chi connectivity index (χ4n) is 1.42. The van der Waals surface area contributed by atoms with E-state index in [1.807, 2.05) is 13.0 Å². The summed E-state index contributed by atoms with van der Waals surface area (Å²) in [7, 11) is 0. The number of hydrogen-bond acceptors (Lipinski definition) is 3. The molecule has 0 unspecified atom stereocenters. The number of anilines is 1. The molecule has 0 aliphatic carbocycles. The Balaban J connectivity index is 2.76. The Morgan fingerprint density at radius 2 is 2.13 bits per heavy atom. The first-order valence-corrected chi connectivity index (χ1v) is 4.72. The van der Waals surface area contributed by atoms with Crippen LogP contribution in [0, 0.1) is 12.7 Å². The number of fused-ring (bicyclic) bond motifs is 1. The first kappa shape index (κ1) is 10.1. The van der Waals surface area contributed by atoms with Gasteiger partial charge in [0.05, 0.1) is 10.5 Å². The van der Waals surface area contributed by atoms with E-state index in [4.69, 9.17) is 17.4 Å². The number of nitrogens with one attached hydrogen (secondary N) is 1. The summed E-state index contributed by atoms with van der Waals surface area (Å²) in [5, 5.41) is 0.884. The molecule has 0 saturated carbocycles. The van der Waals surface area contributed by atoms with Gasteiger partial charge in [0.25, 0.3) is 0 Å². The summed E-state index contributed by atoms with van der Waals surface area (Å²) in [6, 6.07) is 4.69. The molecule has 2 aromatic rings. The van der Waals surface area contributed by atoms with Crippen LogP contribution < -0.4 is 11.3 Å². The van der Waals surface area contributed by atoms with E-state index in [0.717, 1.165) is 10.9 Å². The van der Waals surface area contributed by atoms with Gasteiger partial charge in [-0.3, -0.25) is 0 Å². The molecule has 0 aliphatic rings. The fraction of sp³-hybridized carbons (Fsp3) is 0.100. The molecule has 0 radical (unpaired) electrons. The van der Waals surface area contributed by atoms with Crippen LogP contribution in [0.25, 0.3) is 10.9 Å². The van der Waals surface area contributed by atoms with Crippen molar-refractivity contribution in [3.8, 4) is 0 Å². The quantitative estimate of drug-likeness (QED) is 0.580. The van der Waals surface area contributed by atoms with Crippen LogP contribution in [0.3, 0.4) is 0 Å². The van der Waals surface area contributed by atoms with Crippen LogP contribution in [0.15, 0.2) is 18.2 Å². The number of aromatic nitrogens is 1. The van der Waals surface area contributed by atoms with Gasteiger partial charge in [-0.25, -0.2) is 15.2 Å². The standard InChI is InChI=1S/C10H9ClFN3/c1-5-2-6-3-7(11)8(12)4-9(6)14-10(5)15-13/h2-4H,13H2,1H3,(H,14,15). The third-order valence-corrected chi connectivity index (χ3v) is 2.47. The van der Waals surface area contributed by atoms with Crippen LogP contribution in [0.2, 0.25) is 5.02 Å². The number of benzene rings is 1. The lowest BCUT2D eigenvalue weighted by molar-refractivity contribution is 0.630. The monoisotopic (exact) mass is 225 g/mol. The first-order chi connectivity index (χ1) is 7.11. The minimum atomic E-state index is -0.483. The SMILES string of the molecule is Cc1cc2cc(Cl)c(F)cc2nc1NN. The third-order valence-electron chi connectivity index (χ3n) is 2.18. The van der Waals surface area contributed by atoms with Crippen LogP contribution in [0.1, 0.15) is 5.56 Å². The normalized spacial score (nSPS) is 10.7. The predicted molar refractivity (Wildman–Crippen MR) is 59.3 cm³/mol. The van der Waals surface area contributed by atoms with Crippen molar-refractivity contribution < 1.29 is 4.39 Å². The molecule has 1 heterocycles. The number of rotatable bonds is 1. The molecule has 0 bridgehead atoms. The van der Waals surface area contributed by atoms with E-state index in [9.17, 15) is 4.39 Å². The molecule has 1 aromatic carbocycles. The maximum atomic E-state index is 13.2. The molecule has 0 aliphatic heterocycles. The second-order valence-corrected chi connectivity index (χ2v) is 3.66. The Hall–Kier alpha value is -1.39. The van der Waals surface area contributed by atoms with Gasteiger partial charge in [-0.1, -0.05) is 11.6 Å². The van der Waals surface area contributed by atoms with Crippen molar-refractivity contribution in [1.82, 2.24) is 4.98 Å². The minimum Gasteiger partial charge on any atom is -0.308 e. The fourth-order valence-corrected chi connectivity index (χ4v) is 1.59. The lowest BCUT2D eigenvalue weighted by Gasteiger charge is -2.06. The van der Waals surface area contributed by atoms with Crippen molar-refractivity contribution in [3.63, 3.8) is 0 Å². The van der Waals surface area contributed by atoms with Gasteiger partial charge < -0.3 is 5.43 Å². The van der Waals surface area contributed by atoms with Crippen molar-refractivity contribution in [2.75, 3.05) is 5.43 Å². The Morgan fingerprint density at radius 1 is 1.40 bits per heavy atom. The lowest BCUT2D eigenvalue weighted by Crippen LogP contribution is -2.10. The summed E-state index contributed by atoms with van der Waals surface area (Å²) in [6.45, 7) is 1.86. The Bertz CT molecular complexity index is 528. The van der Waals surface area contributed by atoms with E-state index in [2.05, 4.69) is 10.4 Å². The Kier molecular flexibility index (Phi) is 2.46. The maximum absolute atomic E-state index is 13.2. The molecule has 0 amide bonds. The molecule has 78 valence electrons. The summed E-state index contributed by atoms with van der Waals surface area (Å²) < 4.78 is 13.2. The highest BCUT2D eigenvalue weighted by Gasteiger charge is 2.06. The highest BCUT2D eigenvalue weighted by Crippen LogP contribution is 2.24. The van der Waals surface area contributed by atoms with Crippen LogP contribution in [-0.2, 0) is 0 Å². The summed E-state index contributed by atoms with van der Waals surface area (Å²) in [5.41, 5.74) is 3.86. The van der Waals surface area contributed by atoms with Gasteiger partial charge >= 0.3 is 0 Å². The van der Waals surface area contributed by atoms with Gasteiger partial charge in [-0.15, -0.1) is 0 Å². The molecule has 5 heteroatoms. The van der Waals surface area contributed by atoms with E-state index in [0.29, 0.717) is 11.3 Å². The maximum Gasteiger partial charge on any atom is 0.143 e. The van der Waals surface area contributed by atoms with Crippen LogP contribution in [-0.4, -0.2) is 4.98 Å². The Labute approximate surface area is 91.0 Å². The topological polar surface area (TPSA) is 50.9 Å². The first-order valence-electron chi connectivity index (χ1n) is 4.35. The zero-order valence-electron chi connectivity index (χ0n) is 8.01. The second kappa shape index (κ2) is 3.64. The summed E-state index contributed by atoms with van der Waals surface area (Å²) in [6.07, 6.45) is 0. The van der Waals surface area contributed by atoms with Gasteiger partial charge in [0.15, 0.2) is 0 Å². The smallest absolute Gasteiger partial charge is 0.143 e. The number of nitrogens with zero attached hydrogens (tertiary/aromatic N) is 1. The van der Waals surface area contributed by atoms with Gasteiger partial charge in [-0.2, -0.15) is 0 Å². The molecule has 3 N–H and O–H groups in total. The summed E-state index contributed by atoms with van der Waals surface area (Å²) in [4.78, 5) is 4.16. The van der Waals surface area contributed by atoms with E-state index in [1.165, 1.54) is 6.07 Å². The van der Waals surface area contributed by atoms with Crippen molar-refractivity contribution in [2.24, 2.45) is 5.84 Å². The van der Waals surface area contributed by atoms with Crippen LogP contribution >= 0.6 is 11.6 Å². The van der Waals surface area contributed by atoms with Crippen molar-refractivity contribution in [2.45, 2.75) is 6.92 Å². The highest BCUT2D eigenvalue weighted by atomic mass is 35.5. The largest absolute Gasteiger partial charge is 0.308 e. The van der Waals surface area contributed by atoms with Crippen molar-refractivity contribution in [3.05, 3.63) is 34.6 Å². The average Bonchev–Trinajstić information content (AvgIpc) is 2.20. The number of hydrazine groups is 1. The molecule has 15 heavy (non-hydrogen) atoms. The third kappa shape index (κ3) is 1.73. The second-order valence-electron chi connectivity index (χ2n) is 3.26. The average molecular weight is 226 g/mol. The van der Waals surface area contributed by atoms with Gasteiger partial charge in [0.1, 0.15) is 11.6 Å². The van der Waals surface area contributed by atoms with E-state index in [1.54, 1.807) is 6.07 Å². The molecule has 2 rings (SSSR count). The Morgan fingerprint density at radius 3 is 2.80 bits per heavy atom. The van der Waals surface area contributed by atoms with Crippen LogP contribution in [0.5, 0.6) is 0 Å². The molecular weight excluding hydrogens is 217 g/mol. The molecule has 0 spiro atoms. The highest BCUT2D eigenvalue weighted by molar-refractivity contribution is 6.31. The molecule has 3 nitrogen and oxygen atoms in total. The number of nitrogens with two attached hydrogens (primary N) is 1. The number of nitrogen functional groups attached to an aromatic ring is 1. The van der Waals surface area contributed by atoms with Gasteiger partial charge in [0.2, 0.25) is 0 Å². The van der Waals surface area contributed by atoms with Crippen molar-refractivity contribution >= 4 is 28.3 Å². The molecule has 0 fully saturated rings. The molecule has 0 saturated heterocycles. The number of aryl methyl sites for hydroxylation is 1. The zero-order chi connectivity index (χ0) is 11.0. The van der Waals surface area contributed by atoms with E-state index < -0.39 is 5.82 Å². The van der Waals surface area contributed by atoms with Crippen LogP contribution in [0.4, 0.5) is 10.2 Å². The molecular formula is C10H9ClFN3. The predicted octanol–water partition coefficient (Wildman–Crippen LogP) is 2.62.